The highest BCUT2D eigenvalue weighted by Gasteiger charge is 2.11. The average Bonchev–Trinajstić information content (AvgIpc) is 3.22. The minimum absolute atomic E-state index is 0.0534. The van der Waals surface area contributed by atoms with Crippen molar-refractivity contribution in [3.63, 3.8) is 0 Å². The Labute approximate surface area is 154 Å². The van der Waals surface area contributed by atoms with Crippen LogP contribution < -0.4 is 5.32 Å². The summed E-state index contributed by atoms with van der Waals surface area (Å²) in [6, 6.07) is 8.80. The first kappa shape index (κ1) is 17.7. The lowest BCUT2D eigenvalue weighted by Gasteiger charge is -2.08. The van der Waals surface area contributed by atoms with Crippen LogP contribution in [0, 0.1) is 0 Å². The summed E-state index contributed by atoms with van der Waals surface area (Å²) in [5, 5.41) is 20.4. The first-order valence-corrected chi connectivity index (χ1v) is 8.21. The van der Waals surface area contributed by atoms with Crippen LogP contribution in [-0.4, -0.2) is 36.5 Å². The summed E-state index contributed by atoms with van der Waals surface area (Å²) in [6.07, 6.45) is 4.79. The number of amides is 1. The maximum absolute atomic E-state index is 12.1. The van der Waals surface area contributed by atoms with Crippen LogP contribution >= 0.6 is 11.6 Å². The molecule has 0 aliphatic rings. The van der Waals surface area contributed by atoms with Gasteiger partial charge < -0.3 is 10.4 Å². The molecule has 2 aromatic heterocycles. The molecule has 9 heteroatoms. The summed E-state index contributed by atoms with van der Waals surface area (Å²) in [7, 11) is 0. The molecule has 3 aromatic rings. The third-order valence-corrected chi connectivity index (χ3v) is 3.84. The van der Waals surface area contributed by atoms with E-state index in [1.807, 2.05) is 18.2 Å². The van der Waals surface area contributed by atoms with Crippen LogP contribution in [0.5, 0.6) is 0 Å². The number of nitrogens with zero attached hydrogens (tertiary/aromatic N) is 4. The van der Waals surface area contributed by atoms with Crippen molar-refractivity contribution in [3.05, 3.63) is 65.2 Å². The van der Waals surface area contributed by atoms with Crippen LogP contribution in [-0.2, 0) is 17.9 Å². The van der Waals surface area contributed by atoms with Gasteiger partial charge in [0.05, 0.1) is 24.3 Å². The van der Waals surface area contributed by atoms with Crippen molar-refractivity contribution in [1.82, 2.24) is 19.6 Å². The van der Waals surface area contributed by atoms with Gasteiger partial charge in [0.15, 0.2) is 0 Å². The molecule has 0 fully saturated rings. The van der Waals surface area contributed by atoms with E-state index in [9.17, 15) is 9.59 Å². The molecular weight excluding hydrogens is 358 g/mol. The number of benzene rings is 1. The zero-order valence-electron chi connectivity index (χ0n) is 13.7. The van der Waals surface area contributed by atoms with E-state index >= 15 is 0 Å². The third kappa shape index (κ3) is 4.48. The highest BCUT2D eigenvalue weighted by Crippen LogP contribution is 2.14. The van der Waals surface area contributed by atoms with E-state index in [0.29, 0.717) is 17.3 Å². The summed E-state index contributed by atoms with van der Waals surface area (Å²) >= 11 is 5.85. The topological polar surface area (TPSA) is 102 Å². The van der Waals surface area contributed by atoms with Gasteiger partial charge in [-0.3, -0.25) is 14.2 Å². The molecule has 2 heterocycles. The maximum atomic E-state index is 12.1. The standard InChI is InChI=1S/C17H16ClN5O3/c18-13-9-20-22(11-13)10-12-2-1-3-14(8-12)21-16(24)5-7-23-15(17(25)26)4-6-19-23/h1-4,6,8-9,11H,5,7,10H2,(H,21,24)(H,25,26). The van der Waals surface area contributed by atoms with Crippen molar-refractivity contribution < 1.29 is 14.7 Å². The lowest BCUT2D eigenvalue weighted by molar-refractivity contribution is -0.116. The van der Waals surface area contributed by atoms with Crippen LogP contribution in [0.2, 0.25) is 5.02 Å². The molecule has 134 valence electrons. The van der Waals surface area contributed by atoms with Crippen LogP contribution in [0.15, 0.2) is 48.9 Å². The minimum atomic E-state index is -1.07. The number of carbonyl (C=O) groups is 2. The predicted octanol–water partition coefficient (Wildman–Crippen LogP) is 2.51. The Kier molecular flexibility index (Phi) is 5.33. The van der Waals surface area contributed by atoms with E-state index in [2.05, 4.69) is 15.5 Å². The number of halogens is 1. The van der Waals surface area contributed by atoms with Gasteiger partial charge in [0.2, 0.25) is 5.91 Å². The van der Waals surface area contributed by atoms with Gasteiger partial charge in [-0.15, -0.1) is 0 Å². The number of hydrogen-bond donors (Lipinski definition) is 2. The Hall–Kier alpha value is -3.13. The molecule has 0 aliphatic carbocycles. The molecule has 1 aromatic carbocycles. The predicted molar refractivity (Wildman–Crippen MR) is 95.2 cm³/mol. The minimum Gasteiger partial charge on any atom is -0.477 e. The lowest BCUT2D eigenvalue weighted by atomic mass is 10.2. The second kappa shape index (κ2) is 7.83. The number of anilines is 1. The first-order chi connectivity index (χ1) is 12.5. The van der Waals surface area contributed by atoms with Gasteiger partial charge in [0.1, 0.15) is 5.69 Å². The second-order valence-electron chi connectivity index (χ2n) is 5.60. The van der Waals surface area contributed by atoms with Crippen molar-refractivity contribution in [2.75, 3.05) is 5.32 Å². The van der Waals surface area contributed by atoms with Crippen molar-refractivity contribution in [1.29, 1.82) is 0 Å². The Morgan fingerprint density at radius 3 is 2.81 bits per heavy atom. The van der Waals surface area contributed by atoms with Crippen LogP contribution in [0.4, 0.5) is 5.69 Å². The molecule has 1 amide bonds. The average molecular weight is 374 g/mol. The molecule has 0 unspecified atom stereocenters. The van der Waals surface area contributed by atoms with E-state index in [1.165, 1.54) is 16.9 Å². The number of aromatic nitrogens is 4. The number of carboxylic acids is 1. The van der Waals surface area contributed by atoms with E-state index in [-0.39, 0.29) is 24.6 Å². The fourth-order valence-corrected chi connectivity index (χ4v) is 2.64. The number of carboxylic acid groups (broad SMARTS) is 1. The SMILES string of the molecule is O=C(CCn1nccc1C(=O)O)Nc1cccc(Cn2cc(Cl)cn2)c1. The summed E-state index contributed by atoms with van der Waals surface area (Å²) < 4.78 is 2.99. The van der Waals surface area contributed by atoms with Crippen molar-refractivity contribution in [2.45, 2.75) is 19.5 Å². The Morgan fingerprint density at radius 1 is 1.23 bits per heavy atom. The summed E-state index contributed by atoms with van der Waals surface area (Å²) in [4.78, 5) is 23.2. The van der Waals surface area contributed by atoms with Crippen molar-refractivity contribution in [3.8, 4) is 0 Å². The monoisotopic (exact) mass is 373 g/mol. The quantitative estimate of drug-likeness (QED) is 0.662. The fraction of sp³-hybridized carbons (Fsp3) is 0.176. The zero-order valence-corrected chi connectivity index (χ0v) is 14.4. The number of nitrogens with one attached hydrogen (secondary N) is 1. The van der Waals surface area contributed by atoms with Gasteiger partial charge in [0, 0.05) is 24.5 Å². The summed E-state index contributed by atoms with van der Waals surface area (Å²) in [5.41, 5.74) is 1.67. The molecule has 0 bridgehead atoms. The van der Waals surface area contributed by atoms with Gasteiger partial charge >= 0.3 is 5.97 Å². The smallest absolute Gasteiger partial charge is 0.354 e. The highest BCUT2D eigenvalue weighted by molar-refractivity contribution is 6.30. The number of aryl methyl sites for hydroxylation is 1. The molecule has 0 atom stereocenters. The third-order valence-electron chi connectivity index (χ3n) is 3.64. The number of aromatic carboxylic acids is 1. The van der Waals surface area contributed by atoms with Gasteiger partial charge in [0.25, 0.3) is 0 Å². The Balaban J connectivity index is 1.58. The molecule has 0 saturated carbocycles. The molecule has 0 spiro atoms. The lowest BCUT2D eigenvalue weighted by Crippen LogP contribution is -2.17. The van der Waals surface area contributed by atoms with Gasteiger partial charge in [-0.2, -0.15) is 10.2 Å². The van der Waals surface area contributed by atoms with E-state index < -0.39 is 5.97 Å². The second-order valence-corrected chi connectivity index (χ2v) is 6.04. The molecule has 0 radical (unpaired) electrons. The molecule has 0 aliphatic heterocycles. The molecular formula is C17H16ClN5O3. The van der Waals surface area contributed by atoms with E-state index in [1.54, 1.807) is 23.1 Å². The molecule has 8 nitrogen and oxygen atoms in total. The fourth-order valence-electron chi connectivity index (χ4n) is 2.48. The molecule has 2 N–H and O–H groups in total. The van der Waals surface area contributed by atoms with E-state index in [4.69, 9.17) is 16.7 Å². The van der Waals surface area contributed by atoms with Crippen molar-refractivity contribution >= 4 is 29.2 Å². The van der Waals surface area contributed by atoms with Gasteiger partial charge in [-0.25, -0.2) is 4.79 Å². The molecule has 0 saturated heterocycles. The maximum Gasteiger partial charge on any atom is 0.354 e. The first-order valence-electron chi connectivity index (χ1n) is 7.83. The van der Waals surface area contributed by atoms with Crippen LogP contribution in [0.25, 0.3) is 0 Å². The van der Waals surface area contributed by atoms with Crippen LogP contribution in [0.3, 0.4) is 0 Å². The Bertz CT molecular complexity index is 934. The summed E-state index contributed by atoms with van der Waals surface area (Å²) in [6.45, 7) is 0.720. The Morgan fingerprint density at radius 2 is 2.08 bits per heavy atom. The van der Waals surface area contributed by atoms with Crippen LogP contribution in [0.1, 0.15) is 22.5 Å². The largest absolute Gasteiger partial charge is 0.477 e. The highest BCUT2D eigenvalue weighted by atomic mass is 35.5. The number of hydrogen-bond acceptors (Lipinski definition) is 4. The normalized spacial score (nSPS) is 10.7. The van der Waals surface area contributed by atoms with E-state index in [0.717, 1.165) is 5.56 Å². The van der Waals surface area contributed by atoms with Gasteiger partial charge in [-0.05, 0) is 23.8 Å². The molecule has 26 heavy (non-hydrogen) atoms. The van der Waals surface area contributed by atoms with Crippen molar-refractivity contribution in [2.24, 2.45) is 0 Å². The molecule has 3 rings (SSSR count). The number of carbonyl (C=O) groups excluding carboxylic acids is 1. The zero-order chi connectivity index (χ0) is 18.5. The summed E-state index contributed by atoms with van der Waals surface area (Å²) in [5.74, 6) is -1.30. The van der Waals surface area contributed by atoms with Gasteiger partial charge in [-0.1, -0.05) is 23.7 Å². The number of rotatable bonds is 7.